The van der Waals surface area contributed by atoms with Gasteiger partial charge in [0.15, 0.2) is 0 Å². The van der Waals surface area contributed by atoms with Crippen LogP contribution in [0.1, 0.15) is 32.8 Å². The lowest BCUT2D eigenvalue weighted by molar-refractivity contribution is 0.203. The molecule has 0 saturated heterocycles. The van der Waals surface area contributed by atoms with E-state index in [1.807, 2.05) is 19.1 Å². The van der Waals surface area contributed by atoms with Crippen molar-refractivity contribution in [1.82, 2.24) is 0 Å². The van der Waals surface area contributed by atoms with Gasteiger partial charge in [0.05, 0.1) is 6.10 Å². The first kappa shape index (κ1) is 12.1. The second-order valence-electron chi connectivity index (χ2n) is 4.14. The third-order valence-electron chi connectivity index (χ3n) is 2.35. The molecular formula is C13H21NO. The van der Waals surface area contributed by atoms with Crippen LogP contribution < -0.4 is 10.5 Å². The zero-order valence-corrected chi connectivity index (χ0v) is 9.86. The molecule has 0 heterocycles. The zero-order valence-electron chi connectivity index (χ0n) is 9.86. The fourth-order valence-corrected chi connectivity index (χ4v) is 1.64. The third-order valence-corrected chi connectivity index (χ3v) is 2.35. The van der Waals surface area contributed by atoms with Crippen molar-refractivity contribution < 1.29 is 4.74 Å². The van der Waals surface area contributed by atoms with Gasteiger partial charge in [0.2, 0.25) is 0 Å². The summed E-state index contributed by atoms with van der Waals surface area (Å²) in [7, 11) is 0. The fourth-order valence-electron chi connectivity index (χ4n) is 1.64. The molecule has 1 aromatic rings. The Labute approximate surface area is 92.4 Å². The maximum Gasteiger partial charge on any atom is 0.119 e. The van der Waals surface area contributed by atoms with Crippen molar-refractivity contribution in [3.8, 4) is 5.75 Å². The van der Waals surface area contributed by atoms with Crippen LogP contribution in [0.15, 0.2) is 24.3 Å². The molecule has 0 aliphatic carbocycles. The van der Waals surface area contributed by atoms with Crippen LogP contribution >= 0.6 is 0 Å². The molecule has 0 saturated carbocycles. The van der Waals surface area contributed by atoms with Gasteiger partial charge in [0.1, 0.15) is 5.75 Å². The monoisotopic (exact) mass is 207 g/mol. The van der Waals surface area contributed by atoms with Crippen LogP contribution in [0, 0.1) is 0 Å². The van der Waals surface area contributed by atoms with Gasteiger partial charge in [-0.25, -0.2) is 0 Å². The van der Waals surface area contributed by atoms with Crippen molar-refractivity contribution in [2.45, 2.75) is 45.8 Å². The highest BCUT2D eigenvalue weighted by atomic mass is 16.5. The molecule has 0 fully saturated rings. The van der Waals surface area contributed by atoms with E-state index in [4.69, 9.17) is 10.5 Å². The Morgan fingerprint density at radius 1 is 1.33 bits per heavy atom. The molecule has 0 amide bonds. The largest absolute Gasteiger partial charge is 0.491 e. The predicted octanol–water partition coefficient (Wildman–Crippen LogP) is 2.75. The van der Waals surface area contributed by atoms with Crippen LogP contribution in [-0.2, 0) is 6.42 Å². The summed E-state index contributed by atoms with van der Waals surface area (Å²) in [6, 6.07) is 8.43. The van der Waals surface area contributed by atoms with Crippen molar-refractivity contribution >= 4 is 0 Å². The Morgan fingerprint density at radius 2 is 2.07 bits per heavy atom. The van der Waals surface area contributed by atoms with Crippen molar-refractivity contribution in [2.24, 2.45) is 5.73 Å². The molecule has 2 N–H and O–H groups in total. The number of nitrogens with two attached hydrogens (primary N) is 1. The van der Waals surface area contributed by atoms with E-state index in [-0.39, 0.29) is 12.1 Å². The van der Waals surface area contributed by atoms with Gasteiger partial charge < -0.3 is 10.5 Å². The van der Waals surface area contributed by atoms with Gasteiger partial charge in [-0.15, -0.1) is 0 Å². The normalized spacial score (nSPS) is 14.7. The Balaban J connectivity index is 2.55. The average molecular weight is 207 g/mol. The second kappa shape index (κ2) is 5.76. The Bertz CT molecular complexity index is 296. The molecule has 0 radical (unpaired) electrons. The quantitative estimate of drug-likeness (QED) is 0.805. The summed E-state index contributed by atoms with van der Waals surface area (Å²) in [5, 5.41) is 0. The van der Waals surface area contributed by atoms with E-state index >= 15 is 0 Å². The number of hydrogen-bond acceptors (Lipinski definition) is 2. The topological polar surface area (TPSA) is 35.2 Å². The molecule has 15 heavy (non-hydrogen) atoms. The number of ether oxygens (including phenoxy) is 1. The van der Waals surface area contributed by atoms with Crippen molar-refractivity contribution in [3.05, 3.63) is 29.8 Å². The number of aryl methyl sites for hydroxylation is 1. The minimum atomic E-state index is 0.178. The molecule has 1 aromatic carbocycles. The molecule has 2 nitrogen and oxygen atoms in total. The summed E-state index contributed by atoms with van der Waals surface area (Å²) in [5.41, 5.74) is 7.03. The highest BCUT2D eigenvalue weighted by Gasteiger charge is 2.06. The van der Waals surface area contributed by atoms with Crippen LogP contribution in [-0.4, -0.2) is 12.1 Å². The average Bonchev–Trinajstić information content (AvgIpc) is 2.16. The standard InChI is InChI=1S/C13H21NO/c1-4-12-6-5-7-13(9-12)15-11(3)8-10(2)14/h5-7,9-11H,4,8,14H2,1-3H3. The smallest absolute Gasteiger partial charge is 0.119 e. The van der Waals surface area contributed by atoms with Crippen molar-refractivity contribution in [1.29, 1.82) is 0 Å². The summed E-state index contributed by atoms with van der Waals surface area (Å²) in [6.45, 7) is 6.20. The van der Waals surface area contributed by atoms with Crippen LogP contribution in [0.5, 0.6) is 5.75 Å². The highest BCUT2D eigenvalue weighted by Crippen LogP contribution is 2.16. The third kappa shape index (κ3) is 4.34. The first-order chi connectivity index (χ1) is 7.11. The molecule has 0 aliphatic rings. The van der Waals surface area contributed by atoms with E-state index in [2.05, 4.69) is 26.0 Å². The van der Waals surface area contributed by atoms with E-state index in [1.165, 1.54) is 5.56 Å². The first-order valence-electron chi connectivity index (χ1n) is 5.63. The maximum absolute atomic E-state index is 5.79. The lowest BCUT2D eigenvalue weighted by Gasteiger charge is -2.16. The predicted molar refractivity (Wildman–Crippen MR) is 64.2 cm³/mol. The van der Waals surface area contributed by atoms with Gasteiger partial charge in [-0.3, -0.25) is 0 Å². The Hall–Kier alpha value is -1.02. The molecule has 0 spiro atoms. The Kier molecular flexibility index (Phi) is 4.63. The lowest BCUT2D eigenvalue weighted by atomic mass is 10.1. The number of benzene rings is 1. The minimum Gasteiger partial charge on any atom is -0.491 e. The molecular weight excluding hydrogens is 186 g/mol. The van der Waals surface area contributed by atoms with Crippen LogP contribution in [0.2, 0.25) is 0 Å². The van der Waals surface area contributed by atoms with Gasteiger partial charge in [0, 0.05) is 6.04 Å². The van der Waals surface area contributed by atoms with Crippen LogP contribution in [0.25, 0.3) is 0 Å². The summed E-state index contributed by atoms with van der Waals surface area (Å²) in [5.74, 6) is 0.947. The van der Waals surface area contributed by atoms with E-state index < -0.39 is 0 Å². The van der Waals surface area contributed by atoms with Gasteiger partial charge in [-0.1, -0.05) is 19.1 Å². The summed E-state index contributed by atoms with van der Waals surface area (Å²) in [4.78, 5) is 0. The molecule has 1 rings (SSSR count). The maximum atomic E-state index is 5.79. The van der Waals surface area contributed by atoms with Gasteiger partial charge in [-0.05, 0) is 44.4 Å². The van der Waals surface area contributed by atoms with Crippen molar-refractivity contribution in [2.75, 3.05) is 0 Å². The number of rotatable bonds is 5. The first-order valence-corrected chi connectivity index (χ1v) is 5.63. The zero-order chi connectivity index (χ0) is 11.3. The lowest BCUT2D eigenvalue weighted by Crippen LogP contribution is -2.24. The van der Waals surface area contributed by atoms with Gasteiger partial charge in [0.25, 0.3) is 0 Å². The molecule has 2 unspecified atom stereocenters. The minimum absolute atomic E-state index is 0.178. The molecule has 2 heteroatoms. The van der Waals surface area contributed by atoms with Crippen LogP contribution in [0.3, 0.4) is 0 Å². The molecule has 0 aliphatic heterocycles. The molecule has 0 bridgehead atoms. The Morgan fingerprint density at radius 3 is 2.67 bits per heavy atom. The highest BCUT2D eigenvalue weighted by molar-refractivity contribution is 5.28. The molecule has 0 aromatic heterocycles. The summed E-state index contributed by atoms with van der Waals surface area (Å²) >= 11 is 0. The van der Waals surface area contributed by atoms with Crippen LogP contribution in [0.4, 0.5) is 0 Å². The fraction of sp³-hybridized carbons (Fsp3) is 0.538. The van der Waals surface area contributed by atoms with Crippen molar-refractivity contribution in [3.63, 3.8) is 0 Å². The SMILES string of the molecule is CCc1cccc(OC(C)CC(C)N)c1. The second-order valence-corrected chi connectivity index (χ2v) is 4.14. The summed E-state index contributed by atoms with van der Waals surface area (Å²) in [6.07, 6.45) is 2.10. The number of hydrogen-bond donors (Lipinski definition) is 1. The van der Waals surface area contributed by atoms with E-state index in [1.54, 1.807) is 0 Å². The summed E-state index contributed by atoms with van der Waals surface area (Å²) < 4.78 is 5.79. The van der Waals surface area contributed by atoms with E-state index in [0.29, 0.717) is 0 Å². The van der Waals surface area contributed by atoms with E-state index in [9.17, 15) is 0 Å². The van der Waals surface area contributed by atoms with Gasteiger partial charge >= 0.3 is 0 Å². The van der Waals surface area contributed by atoms with E-state index in [0.717, 1.165) is 18.6 Å². The van der Waals surface area contributed by atoms with Gasteiger partial charge in [-0.2, -0.15) is 0 Å². The molecule has 84 valence electrons. The molecule has 2 atom stereocenters.